The minimum atomic E-state index is -0.819. The van der Waals surface area contributed by atoms with E-state index in [0.29, 0.717) is 25.7 Å². The number of rotatable bonds is 45. The molecular weight excluding hydrogens is 779 g/mol. The highest BCUT2D eigenvalue weighted by Crippen LogP contribution is 2.16. The van der Waals surface area contributed by atoms with E-state index in [9.17, 15) is 19.8 Å². The van der Waals surface area contributed by atoms with Gasteiger partial charge in [0.25, 0.3) is 0 Å². The molecule has 360 valence electrons. The first-order valence-electron chi connectivity index (χ1n) is 26.0. The van der Waals surface area contributed by atoms with E-state index in [1.807, 2.05) is 36.5 Å². The molecule has 1 amide bonds. The van der Waals surface area contributed by atoms with Crippen LogP contribution in [0.15, 0.2) is 97.2 Å². The van der Waals surface area contributed by atoms with Crippen LogP contribution in [0.3, 0.4) is 0 Å². The Morgan fingerprint density at radius 1 is 0.492 bits per heavy atom. The van der Waals surface area contributed by atoms with Gasteiger partial charge >= 0.3 is 5.97 Å². The number of carbonyl (C=O) groups is 2. The van der Waals surface area contributed by atoms with Crippen LogP contribution in [0.1, 0.15) is 226 Å². The van der Waals surface area contributed by atoms with Crippen molar-refractivity contribution < 1.29 is 24.5 Å². The highest BCUT2D eigenvalue weighted by atomic mass is 16.5. The molecule has 63 heavy (non-hydrogen) atoms. The Morgan fingerprint density at radius 2 is 0.937 bits per heavy atom. The number of allylic oxidation sites excluding steroid dienone is 16. The number of esters is 1. The number of amides is 1. The summed E-state index contributed by atoms with van der Waals surface area (Å²) >= 11 is 0. The monoisotopic (exact) mass is 876 g/mol. The van der Waals surface area contributed by atoms with Crippen LogP contribution in [-0.2, 0) is 14.3 Å². The van der Waals surface area contributed by atoms with Crippen LogP contribution in [0.5, 0.6) is 0 Å². The number of nitrogens with one attached hydrogen (secondary N) is 1. The van der Waals surface area contributed by atoms with Crippen LogP contribution in [0.25, 0.3) is 0 Å². The van der Waals surface area contributed by atoms with E-state index in [4.69, 9.17) is 4.74 Å². The zero-order valence-electron chi connectivity index (χ0n) is 40.9. The summed E-state index contributed by atoms with van der Waals surface area (Å²) in [7, 11) is 0. The van der Waals surface area contributed by atoms with E-state index in [1.165, 1.54) is 109 Å². The number of hydrogen-bond donors (Lipinski definition) is 3. The van der Waals surface area contributed by atoms with E-state index in [0.717, 1.165) is 64.2 Å². The Morgan fingerprint density at radius 3 is 1.46 bits per heavy atom. The molecule has 0 aromatic carbocycles. The quantitative estimate of drug-likeness (QED) is 0.0245. The van der Waals surface area contributed by atoms with Gasteiger partial charge in [0.1, 0.15) is 6.10 Å². The highest BCUT2D eigenvalue weighted by molar-refractivity contribution is 5.77. The van der Waals surface area contributed by atoms with Crippen LogP contribution in [0.4, 0.5) is 0 Å². The Bertz CT molecular complexity index is 1260. The predicted octanol–water partition coefficient (Wildman–Crippen LogP) is 15.7. The molecule has 0 aliphatic rings. The molecule has 3 unspecified atom stereocenters. The van der Waals surface area contributed by atoms with Crippen molar-refractivity contribution in [1.29, 1.82) is 0 Å². The molecule has 0 aromatic heterocycles. The molecule has 0 spiro atoms. The fourth-order valence-corrected chi connectivity index (χ4v) is 7.32. The second-order valence-electron chi connectivity index (χ2n) is 17.3. The lowest BCUT2D eigenvalue weighted by atomic mass is 10.0. The third-order valence-electron chi connectivity index (χ3n) is 11.2. The second-order valence-corrected chi connectivity index (χ2v) is 17.3. The van der Waals surface area contributed by atoms with Gasteiger partial charge in [0, 0.05) is 6.42 Å². The molecule has 0 radical (unpaired) electrons. The SMILES string of the molecule is CC/C=C/C=C/C=C\C=C/CCCC(CC(=O)NC(CO)C(O)CCCCCCCCCCCCCCCCCC)OC(=O)CCC/C=C\C/C=C\C/C=C\C/C=C\CCCCC. The molecule has 0 heterocycles. The maximum absolute atomic E-state index is 13.2. The Kier molecular flexibility index (Phi) is 47.2. The molecule has 0 aliphatic carbocycles. The van der Waals surface area contributed by atoms with Gasteiger partial charge in [0.2, 0.25) is 5.91 Å². The van der Waals surface area contributed by atoms with Crippen LogP contribution >= 0.6 is 0 Å². The maximum atomic E-state index is 13.2. The summed E-state index contributed by atoms with van der Waals surface area (Å²) in [5.74, 6) is -0.616. The van der Waals surface area contributed by atoms with Crippen LogP contribution < -0.4 is 5.32 Å². The predicted molar refractivity (Wildman–Crippen MR) is 273 cm³/mol. The maximum Gasteiger partial charge on any atom is 0.306 e. The number of carbonyl (C=O) groups excluding carboxylic acids is 2. The molecular formula is C57H97NO5. The summed E-state index contributed by atoms with van der Waals surface area (Å²) in [5.41, 5.74) is 0. The lowest BCUT2D eigenvalue weighted by molar-refractivity contribution is -0.151. The van der Waals surface area contributed by atoms with Crippen LogP contribution in [0, 0.1) is 0 Å². The van der Waals surface area contributed by atoms with Crippen molar-refractivity contribution in [3.8, 4) is 0 Å². The Balaban J connectivity index is 4.66. The number of aliphatic hydroxyl groups is 2. The van der Waals surface area contributed by atoms with Gasteiger partial charge in [-0.05, 0) is 77.0 Å². The summed E-state index contributed by atoms with van der Waals surface area (Å²) < 4.78 is 5.86. The van der Waals surface area contributed by atoms with Crippen molar-refractivity contribution >= 4 is 11.9 Å². The minimum Gasteiger partial charge on any atom is -0.462 e. The molecule has 0 bridgehead atoms. The molecule has 3 atom stereocenters. The molecule has 0 saturated carbocycles. The first kappa shape index (κ1) is 59.8. The highest BCUT2D eigenvalue weighted by Gasteiger charge is 2.24. The average Bonchev–Trinajstić information content (AvgIpc) is 3.28. The first-order valence-corrected chi connectivity index (χ1v) is 26.0. The van der Waals surface area contributed by atoms with Crippen molar-refractivity contribution in [2.45, 2.75) is 244 Å². The van der Waals surface area contributed by atoms with Crippen molar-refractivity contribution in [1.82, 2.24) is 5.32 Å². The van der Waals surface area contributed by atoms with Gasteiger partial charge in [-0.25, -0.2) is 0 Å². The van der Waals surface area contributed by atoms with Crippen molar-refractivity contribution in [3.05, 3.63) is 97.2 Å². The van der Waals surface area contributed by atoms with E-state index >= 15 is 0 Å². The lowest BCUT2D eigenvalue weighted by Crippen LogP contribution is -2.46. The van der Waals surface area contributed by atoms with Gasteiger partial charge in [-0.1, -0.05) is 234 Å². The third-order valence-corrected chi connectivity index (χ3v) is 11.2. The van der Waals surface area contributed by atoms with Crippen molar-refractivity contribution in [3.63, 3.8) is 0 Å². The van der Waals surface area contributed by atoms with Crippen molar-refractivity contribution in [2.75, 3.05) is 6.61 Å². The van der Waals surface area contributed by atoms with Gasteiger partial charge in [-0.15, -0.1) is 0 Å². The average molecular weight is 876 g/mol. The summed E-state index contributed by atoms with van der Waals surface area (Å²) in [6.45, 7) is 6.28. The number of hydrogen-bond acceptors (Lipinski definition) is 5. The number of aliphatic hydroxyl groups excluding tert-OH is 2. The fraction of sp³-hybridized carbons (Fsp3) is 0.684. The summed E-state index contributed by atoms with van der Waals surface area (Å²) in [6, 6.07) is -0.739. The van der Waals surface area contributed by atoms with E-state index in [-0.39, 0.29) is 24.9 Å². The zero-order chi connectivity index (χ0) is 45.9. The van der Waals surface area contributed by atoms with Crippen molar-refractivity contribution in [2.24, 2.45) is 0 Å². The normalized spacial score (nSPS) is 14.0. The summed E-state index contributed by atoms with van der Waals surface area (Å²) in [4.78, 5) is 26.1. The topological polar surface area (TPSA) is 95.9 Å². The molecule has 0 rings (SSSR count). The van der Waals surface area contributed by atoms with Gasteiger partial charge in [0.05, 0.1) is 25.2 Å². The molecule has 0 aliphatic heterocycles. The molecule has 0 aromatic rings. The van der Waals surface area contributed by atoms with E-state index in [2.05, 4.69) is 86.8 Å². The number of unbranched alkanes of at least 4 members (excludes halogenated alkanes) is 20. The first-order chi connectivity index (χ1) is 31.0. The summed E-state index contributed by atoms with van der Waals surface area (Å²) in [5, 5.41) is 23.7. The van der Waals surface area contributed by atoms with Gasteiger partial charge < -0.3 is 20.3 Å². The van der Waals surface area contributed by atoms with Crippen LogP contribution in [-0.4, -0.2) is 46.9 Å². The zero-order valence-corrected chi connectivity index (χ0v) is 40.9. The van der Waals surface area contributed by atoms with Gasteiger partial charge in [-0.3, -0.25) is 9.59 Å². The fourth-order valence-electron chi connectivity index (χ4n) is 7.32. The standard InChI is InChI=1S/C57H97NO5/c1-4-7-10-13-16-19-22-24-26-28-30-32-35-38-41-44-47-50-57(62)63-53(48-45-42-39-36-33-21-18-15-12-9-6-3)51-56(61)58-54(52-59)55(60)49-46-43-40-37-34-31-29-27-25-23-20-17-14-11-8-5-2/h9,12,15-16,18-19,21,24,26,30,32-33,36,38-39,41,53-55,59-60H,4-8,10-11,13-14,17,20,22-23,25,27-29,31,34-35,37,40,42-52H2,1-3H3,(H,58,61)/b12-9+,18-15+,19-16-,26-24-,32-30-,33-21-,39-36-,41-38-. The molecule has 6 nitrogen and oxygen atoms in total. The third kappa shape index (κ3) is 45.2. The largest absolute Gasteiger partial charge is 0.462 e. The van der Waals surface area contributed by atoms with E-state index < -0.39 is 18.2 Å². The molecule has 6 heteroatoms. The van der Waals surface area contributed by atoms with E-state index in [1.54, 1.807) is 0 Å². The molecule has 0 saturated heterocycles. The smallest absolute Gasteiger partial charge is 0.306 e. The van der Waals surface area contributed by atoms with Gasteiger partial charge in [0.15, 0.2) is 0 Å². The van der Waals surface area contributed by atoms with Gasteiger partial charge in [-0.2, -0.15) is 0 Å². The lowest BCUT2D eigenvalue weighted by Gasteiger charge is -2.24. The second kappa shape index (κ2) is 49.8. The summed E-state index contributed by atoms with van der Waals surface area (Å²) in [6.07, 6.45) is 66.2. The van der Waals surface area contributed by atoms with Crippen LogP contribution in [0.2, 0.25) is 0 Å². The minimum absolute atomic E-state index is 0.00483. The Labute approximate surface area is 388 Å². The molecule has 3 N–H and O–H groups in total. The molecule has 0 fully saturated rings. The Hall–Kier alpha value is -3.22. The number of ether oxygens (including phenoxy) is 1.